The normalized spacial score (nSPS) is 15.7. The van der Waals surface area contributed by atoms with Crippen LogP contribution < -0.4 is 16.0 Å². The lowest BCUT2D eigenvalue weighted by Gasteiger charge is -2.22. The summed E-state index contributed by atoms with van der Waals surface area (Å²) >= 11 is 3.16. The summed E-state index contributed by atoms with van der Waals surface area (Å²) in [6.07, 6.45) is 6.49. The van der Waals surface area contributed by atoms with Gasteiger partial charge in [-0.05, 0) is 52.4 Å². The van der Waals surface area contributed by atoms with E-state index >= 15 is 0 Å². The lowest BCUT2D eigenvalue weighted by Crippen LogP contribution is -2.12. The molecule has 116 valence electrons. The molecule has 1 aromatic heterocycles. The van der Waals surface area contributed by atoms with Gasteiger partial charge in [-0.2, -0.15) is 4.98 Å². The molecule has 2 aromatic rings. The molecular weight excluding hydrogens is 346 g/mol. The molecule has 0 aliphatic heterocycles. The van der Waals surface area contributed by atoms with E-state index in [1.807, 2.05) is 12.1 Å². The van der Waals surface area contributed by atoms with Gasteiger partial charge in [-0.1, -0.05) is 31.4 Å². The zero-order chi connectivity index (χ0) is 15.5. The molecule has 1 aliphatic carbocycles. The molecule has 1 aliphatic rings. The number of benzene rings is 1. The number of ether oxygens (including phenoxy) is 1. The van der Waals surface area contributed by atoms with Gasteiger partial charge >= 0.3 is 0 Å². The average molecular weight is 364 g/mol. The number of hydrogen-bond acceptors (Lipinski definition) is 4. The molecule has 6 heteroatoms. The molecule has 0 unspecified atom stereocenters. The Balaban J connectivity index is 1.77. The predicted octanol–water partition coefficient (Wildman–Crippen LogP) is 3.95. The maximum absolute atomic E-state index is 11.6. The first kappa shape index (κ1) is 15.1. The Labute approximate surface area is 137 Å². The fraction of sp³-hybridized carbons (Fsp3) is 0.375. The minimum atomic E-state index is -0.360. The maximum atomic E-state index is 11.6. The first-order chi connectivity index (χ1) is 10.6. The van der Waals surface area contributed by atoms with E-state index < -0.39 is 0 Å². The van der Waals surface area contributed by atoms with Crippen molar-refractivity contribution in [2.24, 2.45) is 0 Å². The molecule has 0 saturated heterocycles. The number of rotatable bonds is 3. The number of halogens is 1. The van der Waals surface area contributed by atoms with E-state index in [4.69, 9.17) is 10.5 Å². The molecule has 1 fully saturated rings. The van der Waals surface area contributed by atoms with E-state index in [0.717, 1.165) is 0 Å². The van der Waals surface area contributed by atoms with Crippen LogP contribution in [0.2, 0.25) is 0 Å². The minimum Gasteiger partial charge on any atom is -0.438 e. The third kappa shape index (κ3) is 3.32. The predicted molar refractivity (Wildman–Crippen MR) is 89.3 cm³/mol. The minimum absolute atomic E-state index is 0.0297. The van der Waals surface area contributed by atoms with Crippen LogP contribution in [-0.4, -0.2) is 9.97 Å². The van der Waals surface area contributed by atoms with Crippen LogP contribution in [-0.2, 0) is 0 Å². The SMILES string of the molecule is Nc1nc(Oc2ccc(C3CCCCC3)cc2)c(Br)c(=O)[nH]1. The molecule has 0 amide bonds. The van der Waals surface area contributed by atoms with Crippen molar-refractivity contribution in [3.05, 3.63) is 44.7 Å². The van der Waals surface area contributed by atoms with Gasteiger partial charge in [0.25, 0.3) is 5.56 Å². The molecule has 0 spiro atoms. The third-order valence-corrected chi connectivity index (χ3v) is 4.72. The van der Waals surface area contributed by atoms with E-state index in [0.29, 0.717) is 11.7 Å². The van der Waals surface area contributed by atoms with Crippen LogP contribution in [0.3, 0.4) is 0 Å². The van der Waals surface area contributed by atoms with Crippen molar-refractivity contribution >= 4 is 21.9 Å². The zero-order valence-corrected chi connectivity index (χ0v) is 13.7. The Bertz CT molecular complexity index is 706. The van der Waals surface area contributed by atoms with Crippen LogP contribution in [0.5, 0.6) is 11.6 Å². The van der Waals surface area contributed by atoms with E-state index in [-0.39, 0.29) is 21.9 Å². The summed E-state index contributed by atoms with van der Waals surface area (Å²) in [4.78, 5) is 18.0. The monoisotopic (exact) mass is 363 g/mol. The van der Waals surface area contributed by atoms with Crippen molar-refractivity contribution in [2.45, 2.75) is 38.0 Å². The summed E-state index contributed by atoms with van der Waals surface area (Å²) in [6.45, 7) is 0. The molecule has 1 aromatic carbocycles. The lowest BCUT2D eigenvalue weighted by atomic mass is 9.84. The maximum Gasteiger partial charge on any atom is 0.270 e. The van der Waals surface area contributed by atoms with Crippen molar-refractivity contribution < 1.29 is 4.74 Å². The number of nitrogens with one attached hydrogen (secondary N) is 1. The molecule has 1 saturated carbocycles. The van der Waals surface area contributed by atoms with Crippen LogP contribution in [0, 0.1) is 0 Å². The summed E-state index contributed by atoms with van der Waals surface area (Å²) in [5.41, 5.74) is 6.53. The van der Waals surface area contributed by atoms with E-state index in [2.05, 4.69) is 38.0 Å². The summed E-state index contributed by atoms with van der Waals surface area (Å²) in [5.74, 6) is 1.49. The number of anilines is 1. The number of nitrogens with zero attached hydrogens (tertiary/aromatic N) is 1. The Morgan fingerprint density at radius 2 is 1.86 bits per heavy atom. The van der Waals surface area contributed by atoms with Crippen LogP contribution in [0.25, 0.3) is 0 Å². The van der Waals surface area contributed by atoms with Crippen molar-refractivity contribution in [3.8, 4) is 11.6 Å². The average Bonchev–Trinajstić information content (AvgIpc) is 2.54. The Hall–Kier alpha value is -1.82. The number of hydrogen-bond donors (Lipinski definition) is 2. The first-order valence-electron chi connectivity index (χ1n) is 7.46. The van der Waals surface area contributed by atoms with Crippen LogP contribution in [0.15, 0.2) is 33.5 Å². The highest BCUT2D eigenvalue weighted by Crippen LogP contribution is 2.34. The second kappa shape index (κ2) is 6.52. The van der Waals surface area contributed by atoms with E-state index in [1.54, 1.807) is 0 Å². The van der Waals surface area contributed by atoms with Gasteiger partial charge in [-0.25, -0.2) is 0 Å². The summed E-state index contributed by atoms with van der Waals surface area (Å²) in [6, 6.07) is 8.01. The zero-order valence-electron chi connectivity index (χ0n) is 12.1. The van der Waals surface area contributed by atoms with Gasteiger partial charge in [0, 0.05) is 0 Å². The van der Waals surface area contributed by atoms with Gasteiger partial charge in [-0.15, -0.1) is 0 Å². The second-order valence-corrected chi connectivity index (χ2v) is 6.37. The van der Waals surface area contributed by atoms with Gasteiger partial charge in [0.2, 0.25) is 11.8 Å². The number of aromatic amines is 1. The fourth-order valence-corrected chi connectivity index (χ4v) is 3.15. The van der Waals surface area contributed by atoms with Gasteiger partial charge in [0.15, 0.2) is 0 Å². The Morgan fingerprint density at radius 1 is 1.18 bits per heavy atom. The van der Waals surface area contributed by atoms with E-state index in [1.165, 1.54) is 37.7 Å². The van der Waals surface area contributed by atoms with Crippen LogP contribution in [0.4, 0.5) is 5.95 Å². The second-order valence-electron chi connectivity index (χ2n) is 5.58. The summed E-state index contributed by atoms with van der Waals surface area (Å²) in [5, 5.41) is 0. The number of nitrogen functional groups attached to an aromatic ring is 1. The Kier molecular flexibility index (Phi) is 4.47. The molecule has 3 rings (SSSR count). The molecule has 0 radical (unpaired) electrons. The lowest BCUT2D eigenvalue weighted by molar-refractivity contribution is 0.440. The summed E-state index contributed by atoms with van der Waals surface area (Å²) < 4.78 is 5.89. The van der Waals surface area contributed by atoms with Crippen molar-refractivity contribution in [1.29, 1.82) is 0 Å². The summed E-state index contributed by atoms with van der Waals surface area (Å²) in [7, 11) is 0. The third-order valence-electron chi connectivity index (χ3n) is 4.02. The fourth-order valence-electron chi connectivity index (χ4n) is 2.88. The quantitative estimate of drug-likeness (QED) is 0.864. The molecule has 0 bridgehead atoms. The Morgan fingerprint density at radius 3 is 2.55 bits per heavy atom. The molecule has 0 atom stereocenters. The van der Waals surface area contributed by atoms with Crippen LogP contribution >= 0.6 is 15.9 Å². The highest BCUT2D eigenvalue weighted by atomic mass is 79.9. The van der Waals surface area contributed by atoms with Crippen molar-refractivity contribution in [1.82, 2.24) is 9.97 Å². The molecular formula is C16H18BrN3O2. The van der Waals surface area contributed by atoms with Crippen LogP contribution in [0.1, 0.15) is 43.6 Å². The number of H-pyrrole nitrogens is 1. The van der Waals surface area contributed by atoms with E-state index in [9.17, 15) is 4.79 Å². The molecule has 22 heavy (non-hydrogen) atoms. The standard InChI is InChI=1S/C16H18BrN3O2/c17-13-14(21)19-16(18)20-15(13)22-12-8-6-11(7-9-12)10-4-2-1-3-5-10/h6-10H,1-5H2,(H3,18,19,20,21). The smallest absolute Gasteiger partial charge is 0.270 e. The van der Waals surface area contributed by atoms with Crippen molar-refractivity contribution in [2.75, 3.05) is 5.73 Å². The van der Waals surface area contributed by atoms with Gasteiger partial charge in [-0.3, -0.25) is 9.78 Å². The topological polar surface area (TPSA) is 81.0 Å². The largest absolute Gasteiger partial charge is 0.438 e. The molecule has 1 heterocycles. The van der Waals surface area contributed by atoms with Gasteiger partial charge < -0.3 is 10.5 Å². The number of aromatic nitrogens is 2. The molecule has 3 N–H and O–H groups in total. The first-order valence-corrected chi connectivity index (χ1v) is 8.26. The van der Waals surface area contributed by atoms with Gasteiger partial charge in [0.1, 0.15) is 10.2 Å². The highest BCUT2D eigenvalue weighted by Gasteiger charge is 2.16. The van der Waals surface area contributed by atoms with Crippen molar-refractivity contribution in [3.63, 3.8) is 0 Å². The number of nitrogens with two attached hydrogens (primary N) is 1. The molecule has 5 nitrogen and oxygen atoms in total. The van der Waals surface area contributed by atoms with Gasteiger partial charge in [0.05, 0.1) is 0 Å². The highest BCUT2D eigenvalue weighted by molar-refractivity contribution is 9.10.